The van der Waals surface area contributed by atoms with Crippen LogP contribution in [-0.4, -0.2) is 41.9 Å². The molecular weight excluding hydrogens is 322 g/mol. The lowest BCUT2D eigenvalue weighted by Crippen LogP contribution is -2.21. The van der Waals surface area contributed by atoms with Gasteiger partial charge in [-0.25, -0.2) is 4.98 Å². The quantitative estimate of drug-likeness (QED) is 0.912. The first-order valence-corrected chi connectivity index (χ1v) is 8.39. The van der Waals surface area contributed by atoms with E-state index in [1.165, 1.54) is 0 Å². The molecular formula is C18H21N3O4. The van der Waals surface area contributed by atoms with Crippen molar-refractivity contribution in [1.82, 2.24) is 14.9 Å². The van der Waals surface area contributed by atoms with Crippen molar-refractivity contribution in [1.29, 1.82) is 0 Å². The third-order valence-corrected chi connectivity index (χ3v) is 4.74. The van der Waals surface area contributed by atoms with Gasteiger partial charge < -0.3 is 19.2 Å². The number of rotatable bonds is 4. The fraction of sp³-hybridized carbons (Fsp3) is 0.444. The number of aromatic nitrogens is 2. The molecule has 0 unspecified atom stereocenters. The number of aromatic amines is 1. The van der Waals surface area contributed by atoms with Gasteiger partial charge in [-0.2, -0.15) is 0 Å². The molecule has 4 rings (SSSR count). The molecule has 2 aliphatic rings. The second-order valence-corrected chi connectivity index (χ2v) is 6.49. The van der Waals surface area contributed by atoms with E-state index in [1.807, 2.05) is 19.1 Å². The Hall–Kier alpha value is -2.54. The van der Waals surface area contributed by atoms with Crippen molar-refractivity contribution in [3.8, 4) is 17.2 Å². The van der Waals surface area contributed by atoms with Gasteiger partial charge in [-0.15, -0.1) is 0 Å². The topological polar surface area (TPSA) is 76.7 Å². The number of ether oxygens (including phenoxy) is 3. The van der Waals surface area contributed by atoms with E-state index in [2.05, 4.69) is 14.9 Å². The molecule has 7 heteroatoms. The Kier molecular flexibility index (Phi) is 4.09. The molecule has 1 fully saturated rings. The molecule has 0 spiro atoms. The molecule has 0 amide bonds. The van der Waals surface area contributed by atoms with Gasteiger partial charge in [-0.05, 0) is 26.0 Å². The highest BCUT2D eigenvalue weighted by atomic mass is 16.7. The average molecular weight is 343 g/mol. The van der Waals surface area contributed by atoms with E-state index < -0.39 is 0 Å². The van der Waals surface area contributed by atoms with Crippen molar-refractivity contribution in [2.24, 2.45) is 0 Å². The van der Waals surface area contributed by atoms with Crippen LogP contribution in [0.5, 0.6) is 17.2 Å². The average Bonchev–Trinajstić information content (AvgIpc) is 3.22. The number of methoxy groups -OCH3 is 1. The number of hydrogen-bond acceptors (Lipinski definition) is 6. The maximum atomic E-state index is 11.7. The van der Waals surface area contributed by atoms with Gasteiger partial charge in [0.25, 0.3) is 5.56 Å². The third-order valence-electron chi connectivity index (χ3n) is 4.74. The van der Waals surface area contributed by atoms with E-state index in [0.717, 1.165) is 54.6 Å². The van der Waals surface area contributed by atoms with E-state index in [1.54, 1.807) is 13.2 Å². The number of fused-ring (bicyclic) bond motifs is 1. The summed E-state index contributed by atoms with van der Waals surface area (Å²) in [5.74, 6) is 3.23. The number of nitrogens with one attached hydrogen (secondary N) is 1. The normalized spacial score (nSPS) is 19.4. The molecule has 2 aromatic rings. The minimum atomic E-state index is -0.0848. The van der Waals surface area contributed by atoms with Crippen LogP contribution < -0.4 is 19.8 Å². The molecule has 1 saturated heterocycles. The van der Waals surface area contributed by atoms with Crippen molar-refractivity contribution in [3.05, 3.63) is 45.6 Å². The third kappa shape index (κ3) is 3.19. The van der Waals surface area contributed by atoms with Crippen LogP contribution in [0.3, 0.4) is 0 Å². The number of likely N-dealkylation sites (tertiary alicyclic amines) is 1. The van der Waals surface area contributed by atoms with Crippen LogP contribution in [0.1, 0.15) is 29.4 Å². The first kappa shape index (κ1) is 16.0. The molecule has 0 saturated carbocycles. The van der Waals surface area contributed by atoms with Crippen molar-refractivity contribution in [2.75, 3.05) is 27.0 Å². The molecule has 1 atom stereocenters. The molecule has 1 N–H and O–H groups in total. The van der Waals surface area contributed by atoms with Gasteiger partial charge in [0, 0.05) is 36.7 Å². The molecule has 2 aliphatic heterocycles. The molecule has 3 heterocycles. The van der Waals surface area contributed by atoms with Gasteiger partial charge in [-0.1, -0.05) is 0 Å². The lowest BCUT2D eigenvalue weighted by atomic mass is 10.0. The smallest absolute Gasteiger partial charge is 0.251 e. The molecule has 0 radical (unpaired) electrons. The summed E-state index contributed by atoms with van der Waals surface area (Å²) in [5, 5.41) is 0. The summed E-state index contributed by atoms with van der Waals surface area (Å²) in [4.78, 5) is 21.2. The highest BCUT2D eigenvalue weighted by Gasteiger charge is 2.27. The van der Waals surface area contributed by atoms with Crippen molar-refractivity contribution in [3.63, 3.8) is 0 Å². The SMILES string of the molecule is COc1cc2c(cc1CN1CC[C@H](c3cc(=O)[nH]c(C)n3)C1)OCO2. The minimum absolute atomic E-state index is 0.0848. The number of H-pyrrole nitrogens is 1. The van der Waals surface area contributed by atoms with Crippen LogP contribution in [0.15, 0.2) is 23.0 Å². The number of nitrogens with zero attached hydrogens (tertiary/aromatic N) is 2. The predicted octanol–water partition coefficient (Wildman–Crippen LogP) is 1.81. The Labute approximate surface area is 145 Å². The summed E-state index contributed by atoms with van der Waals surface area (Å²) in [7, 11) is 1.66. The molecule has 0 bridgehead atoms. The summed E-state index contributed by atoms with van der Waals surface area (Å²) in [6.07, 6.45) is 0.989. The van der Waals surface area contributed by atoms with Crippen LogP contribution in [0, 0.1) is 6.92 Å². The van der Waals surface area contributed by atoms with Crippen LogP contribution in [-0.2, 0) is 6.54 Å². The second kappa shape index (κ2) is 6.40. The largest absolute Gasteiger partial charge is 0.496 e. The monoisotopic (exact) mass is 343 g/mol. The molecule has 1 aromatic carbocycles. The van der Waals surface area contributed by atoms with Gasteiger partial charge in [0.15, 0.2) is 11.5 Å². The fourth-order valence-electron chi connectivity index (χ4n) is 3.55. The number of hydrogen-bond donors (Lipinski definition) is 1. The first-order chi connectivity index (χ1) is 12.1. The molecule has 25 heavy (non-hydrogen) atoms. The molecule has 132 valence electrons. The Morgan fingerprint density at radius 2 is 2.12 bits per heavy atom. The van der Waals surface area contributed by atoms with Gasteiger partial charge in [0.2, 0.25) is 6.79 Å². The van der Waals surface area contributed by atoms with Gasteiger partial charge in [-0.3, -0.25) is 9.69 Å². The Morgan fingerprint density at radius 3 is 2.88 bits per heavy atom. The van der Waals surface area contributed by atoms with Crippen molar-refractivity contribution in [2.45, 2.75) is 25.8 Å². The van der Waals surface area contributed by atoms with Gasteiger partial charge >= 0.3 is 0 Å². The summed E-state index contributed by atoms with van der Waals surface area (Å²) in [5.41, 5.74) is 1.86. The van der Waals surface area contributed by atoms with Crippen molar-refractivity contribution < 1.29 is 14.2 Å². The lowest BCUT2D eigenvalue weighted by molar-refractivity contribution is 0.174. The zero-order valence-corrected chi connectivity index (χ0v) is 14.4. The summed E-state index contributed by atoms with van der Waals surface area (Å²) in [6, 6.07) is 5.49. The van der Waals surface area contributed by atoms with Crippen LogP contribution >= 0.6 is 0 Å². The van der Waals surface area contributed by atoms with Crippen LogP contribution in [0.4, 0.5) is 0 Å². The Bertz CT molecular complexity index is 849. The summed E-state index contributed by atoms with van der Waals surface area (Å²) in [6.45, 7) is 4.65. The lowest BCUT2D eigenvalue weighted by Gasteiger charge is -2.18. The minimum Gasteiger partial charge on any atom is -0.496 e. The predicted molar refractivity (Wildman–Crippen MR) is 91.3 cm³/mol. The highest BCUT2D eigenvalue weighted by Crippen LogP contribution is 2.39. The maximum Gasteiger partial charge on any atom is 0.251 e. The van der Waals surface area contributed by atoms with Gasteiger partial charge in [0.05, 0.1) is 12.8 Å². The van der Waals surface area contributed by atoms with Crippen LogP contribution in [0.25, 0.3) is 0 Å². The summed E-state index contributed by atoms with van der Waals surface area (Å²) < 4.78 is 16.4. The second-order valence-electron chi connectivity index (χ2n) is 6.49. The first-order valence-electron chi connectivity index (χ1n) is 8.39. The molecule has 1 aromatic heterocycles. The van der Waals surface area contributed by atoms with E-state index >= 15 is 0 Å². The van der Waals surface area contributed by atoms with Crippen LogP contribution in [0.2, 0.25) is 0 Å². The van der Waals surface area contributed by atoms with E-state index in [0.29, 0.717) is 5.82 Å². The zero-order chi connectivity index (χ0) is 17.4. The fourth-order valence-corrected chi connectivity index (χ4v) is 3.55. The summed E-state index contributed by atoms with van der Waals surface area (Å²) >= 11 is 0. The van der Waals surface area contributed by atoms with Gasteiger partial charge in [0.1, 0.15) is 11.6 Å². The zero-order valence-electron chi connectivity index (χ0n) is 14.4. The maximum absolute atomic E-state index is 11.7. The standard InChI is InChI=1S/C18H21N3O4/c1-11-19-14(6-18(22)20-11)12-3-4-21(8-12)9-13-5-16-17(25-10-24-16)7-15(13)23-2/h5-7,12H,3-4,8-10H2,1-2H3,(H,19,20,22)/t12-/m0/s1. The number of benzene rings is 1. The molecule has 7 nitrogen and oxygen atoms in total. The van der Waals surface area contributed by atoms with Crippen molar-refractivity contribution >= 4 is 0 Å². The number of aryl methyl sites for hydroxylation is 1. The molecule has 0 aliphatic carbocycles. The van der Waals surface area contributed by atoms with E-state index in [9.17, 15) is 4.79 Å². The van der Waals surface area contributed by atoms with E-state index in [-0.39, 0.29) is 18.3 Å². The Morgan fingerprint density at radius 1 is 1.32 bits per heavy atom. The highest BCUT2D eigenvalue weighted by molar-refractivity contribution is 5.51. The van der Waals surface area contributed by atoms with E-state index in [4.69, 9.17) is 14.2 Å². The Balaban J connectivity index is 1.50.